The van der Waals surface area contributed by atoms with Gasteiger partial charge in [-0.1, -0.05) is 19.8 Å². The molecule has 0 radical (unpaired) electrons. The van der Waals surface area contributed by atoms with Gasteiger partial charge in [-0.3, -0.25) is 4.79 Å². The van der Waals surface area contributed by atoms with Crippen molar-refractivity contribution in [1.29, 1.82) is 0 Å². The largest absolute Gasteiger partial charge is 0.411 e. The van der Waals surface area contributed by atoms with Crippen molar-refractivity contribution in [3.8, 4) is 0 Å². The summed E-state index contributed by atoms with van der Waals surface area (Å²) in [7, 11) is 0. The van der Waals surface area contributed by atoms with E-state index in [1.807, 2.05) is 0 Å². The molecule has 1 unspecified atom stereocenters. The van der Waals surface area contributed by atoms with Gasteiger partial charge in [-0.05, 0) is 25.2 Å². The van der Waals surface area contributed by atoms with Crippen molar-refractivity contribution in [2.24, 2.45) is 5.92 Å². The first-order chi connectivity index (χ1) is 10.9. The summed E-state index contributed by atoms with van der Waals surface area (Å²) in [6, 6.07) is 0. The number of fused-ring (bicyclic) bond motifs is 1. The van der Waals surface area contributed by atoms with Gasteiger partial charge in [-0.15, -0.1) is 11.3 Å². The van der Waals surface area contributed by atoms with Crippen LogP contribution in [0.1, 0.15) is 43.2 Å². The summed E-state index contributed by atoms with van der Waals surface area (Å²) in [6.45, 7) is 0.592. The van der Waals surface area contributed by atoms with E-state index in [0.29, 0.717) is 11.0 Å². The van der Waals surface area contributed by atoms with E-state index in [1.165, 1.54) is 29.1 Å². The number of anilines is 1. The van der Waals surface area contributed by atoms with E-state index < -0.39 is 12.8 Å². The van der Waals surface area contributed by atoms with E-state index in [4.69, 9.17) is 0 Å². The van der Waals surface area contributed by atoms with E-state index in [9.17, 15) is 18.0 Å². The number of carbonyl (C=O) groups excluding carboxylic acids is 1. The lowest BCUT2D eigenvalue weighted by Crippen LogP contribution is -2.20. The average molecular weight is 350 g/mol. The molecule has 1 aromatic rings. The number of hydrogen-bond donors (Lipinski definition) is 1. The second kappa shape index (κ2) is 8.10. The fourth-order valence-corrected chi connectivity index (χ4v) is 3.82. The number of rotatable bonds is 7. The topological polar surface area (TPSA) is 51.2 Å². The number of hydrogen-bond acceptors (Lipinski definition) is 4. The Morgan fingerprint density at radius 3 is 2.96 bits per heavy atom. The number of nitrogens with one attached hydrogen (secondary N) is 1. The number of aromatic nitrogens is 1. The molecule has 0 fully saturated rings. The quantitative estimate of drug-likeness (QED) is 0.758. The van der Waals surface area contributed by atoms with Crippen LogP contribution in [0.25, 0.3) is 0 Å². The molecular formula is C15H21F3N2O2S. The van der Waals surface area contributed by atoms with Crippen LogP contribution in [-0.2, 0) is 22.4 Å². The molecule has 4 nitrogen and oxygen atoms in total. The van der Waals surface area contributed by atoms with Gasteiger partial charge in [0.25, 0.3) is 0 Å². The zero-order chi connectivity index (χ0) is 16.9. The number of halogens is 3. The highest BCUT2D eigenvalue weighted by Gasteiger charge is 2.27. The lowest BCUT2D eigenvalue weighted by molar-refractivity contribution is -0.174. The predicted octanol–water partition coefficient (Wildman–Crippen LogP) is 3.96. The average Bonchev–Trinajstić information content (AvgIpc) is 2.84. The van der Waals surface area contributed by atoms with Crippen molar-refractivity contribution in [3.05, 3.63) is 10.6 Å². The van der Waals surface area contributed by atoms with E-state index in [2.05, 4.69) is 22.0 Å². The molecule has 1 N–H and O–H groups in total. The Kier molecular flexibility index (Phi) is 6.41. The summed E-state index contributed by atoms with van der Waals surface area (Å²) in [6.07, 6.45) is 0.963. The van der Waals surface area contributed by atoms with Crippen LogP contribution in [0.2, 0.25) is 0 Å². The van der Waals surface area contributed by atoms with Gasteiger partial charge in [-0.2, -0.15) is 13.2 Å². The van der Waals surface area contributed by atoms with E-state index in [1.54, 1.807) is 0 Å². The Morgan fingerprint density at radius 1 is 1.48 bits per heavy atom. The standard InChI is InChI=1S/C15H21F3N2O2S/c1-2-3-10-4-5-11-12(8-10)23-14(19-11)20-13(21)6-7-22-9-15(16,17)18/h10H,2-9H2,1H3,(H,19,20,21). The number of thiazole rings is 1. The Labute approximate surface area is 137 Å². The molecule has 130 valence electrons. The Balaban J connectivity index is 1.77. The highest BCUT2D eigenvalue weighted by molar-refractivity contribution is 7.15. The SMILES string of the molecule is CCCC1CCc2nc(NC(=O)CCOCC(F)(F)F)sc2C1. The Morgan fingerprint density at radius 2 is 2.26 bits per heavy atom. The maximum Gasteiger partial charge on any atom is 0.411 e. The Bertz CT molecular complexity index is 531. The molecule has 1 aromatic heterocycles. The number of carbonyl (C=O) groups is 1. The third kappa shape index (κ3) is 6.10. The predicted molar refractivity (Wildman–Crippen MR) is 82.7 cm³/mol. The smallest absolute Gasteiger partial charge is 0.372 e. The third-order valence-electron chi connectivity index (χ3n) is 3.72. The van der Waals surface area contributed by atoms with Crippen molar-refractivity contribution >= 4 is 22.4 Å². The fourth-order valence-electron chi connectivity index (χ4n) is 2.69. The summed E-state index contributed by atoms with van der Waals surface area (Å²) in [5.41, 5.74) is 1.05. The zero-order valence-corrected chi connectivity index (χ0v) is 13.9. The first kappa shape index (κ1) is 18.2. The van der Waals surface area contributed by atoms with Crippen LogP contribution in [0.5, 0.6) is 0 Å². The van der Waals surface area contributed by atoms with E-state index >= 15 is 0 Å². The second-order valence-corrected chi connectivity index (χ2v) is 6.84. The van der Waals surface area contributed by atoms with Crippen LogP contribution in [-0.4, -0.2) is 30.3 Å². The second-order valence-electron chi connectivity index (χ2n) is 5.75. The van der Waals surface area contributed by atoms with Crippen molar-refractivity contribution in [1.82, 2.24) is 4.98 Å². The third-order valence-corrected chi connectivity index (χ3v) is 4.76. The molecule has 1 atom stereocenters. The van der Waals surface area contributed by atoms with Gasteiger partial charge >= 0.3 is 6.18 Å². The zero-order valence-electron chi connectivity index (χ0n) is 13.0. The van der Waals surface area contributed by atoms with Gasteiger partial charge in [-0.25, -0.2) is 4.98 Å². The van der Waals surface area contributed by atoms with Crippen molar-refractivity contribution < 1.29 is 22.7 Å². The molecule has 0 aromatic carbocycles. The number of aryl methyl sites for hydroxylation is 1. The summed E-state index contributed by atoms with van der Waals surface area (Å²) in [4.78, 5) is 17.4. The van der Waals surface area contributed by atoms with Gasteiger partial charge in [0.2, 0.25) is 5.91 Å². The van der Waals surface area contributed by atoms with E-state index in [-0.39, 0.29) is 18.9 Å². The molecule has 0 saturated heterocycles. The molecule has 1 aliphatic carbocycles. The van der Waals surface area contributed by atoms with Crippen molar-refractivity contribution in [3.63, 3.8) is 0 Å². The van der Waals surface area contributed by atoms with E-state index in [0.717, 1.165) is 25.0 Å². The lowest BCUT2D eigenvalue weighted by atomic mass is 9.88. The van der Waals surface area contributed by atoms with Gasteiger partial charge in [0.05, 0.1) is 18.7 Å². The molecule has 0 aliphatic heterocycles. The lowest BCUT2D eigenvalue weighted by Gasteiger charge is -2.19. The molecule has 1 amide bonds. The van der Waals surface area contributed by atoms with Crippen LogP contribution in [0, 0.1) is 5.92 Å². The van der Waals surface area contributed by atoms with Crippen LogP contribution < -0.4 is 5.32 Å². The number of nitrogens with zero attached hydrogens (tertiary/aromatic N) is 1. The first-order valence-corrected chi connectivity index (χ1v) is 8.62. The van der Waals surface area contributed by atoms with Crippen LogP contribution in [0.4, 0.5) is 18.3 Å². The molecule has 0 bridgehead atoms. The van der Waals surface area contributed by atoms with Crippen LogP contribution >= 0.6 is 11.3 Å². The molecule has 0 saturated carbocycles. The summed E-state index contributed by atoms with van der Waals surface area (Å²) in [5.74, 6) is 0.315. The Hall–Kier alpha value is -1.15. The molecule has 1 aliphatic rings. The maximum absolute atomic E-state index is 11.9. The summed E-state index contributed by atoms with van der Waals surface area (Å²) < 4.78 is 40.2. The maximum atomic E-state index is 11.9. The van der Waals surface area contributed by atoms with Crippen LogP contribution in [0.15, 0.2) is 0 Å². The minimum Gasteiger partial charge on any atom is -0.372 e. The molecule has 0 spiro atoms. The van der Waals surface area contributed by atoms with Crippen molar-refractivity contribution in [2.45, 2.75) is 51.6 Å². The van der Waals surface area contributed by atoms with Crippen LogP contribution in [0.3, 0.4) is 0 Å². The molecular weight excluding hydrogens is 329 g/mol. The van der Waals surface area contributed by atoms with Gasteiger partial charge in [0.1, 0.15) is 6.61 Å². The highest BCUT2D eigenvalue weighted by atomic mass is 32.1. The summed E-state index contributed by atoms with van der Waals surface area (Å²) in [5, 5.41) is 3.19. The van der Waals surface area contributed by atoms with Gasteiger partial charge in [0.15, 0.2) is 5.13 Å². The van der Waals surface area contributed by atoms with Crippen molar-refractivity contribution in [2.75, 3.05) is 18.5 Å². The monoisotopic (exact) mass is 350 g/mol. The number of amides is 1. The summed E-state index contributed by atoms with van der Waals surface area (Å²) >= 11 is 1.47. The molecule has 1 heterocycles. The molecule has 8 heteroatoms. The number of ether oxygens (including phenoxy) is 1. The molecule has 2 rings (SSSR count). The fraction of sp³-hybridized carbons (Fsp3) is 0.733. The minimum atomic E-state index is -4.36. The van der Waals surface area contributed by atoms with Gasteiger partial charge < -0.3 is 10.1 Å². The molecule has 23 heavy (non-hydrogen) atoms. The first-order valence-electron chi connectivity index (χ1n) is 7.80. The number of alkyl halides is 3. The highest BCUT2D eigenvalue weighted by Crippen LogP contribution is 2.34. The van der Waals surface area contributed by atoms with Gasteiger partial charge in [0, 0.05) is 4.88 Å². The minimum absolute atomic E-state index is 0.112. The normalized spacial score (nSPS) is 17.8.